The van der Waals surface area contributed by atoms with Gasteiger partial charge in [-0.2, -0.15) is 0 Å². The van der Waals surface area contributed by atoms with E-state index in [1.807, 2.05) is 19.1 Å². The van der Waals surface area contributed by atoms with Gasteiger partial charge in [-0.1, -0.05) is 30.9 Å². The van der Waals surface area contributed by atoms with E-state index in [-0.39, 0.29) is 11.3 Å². The summed E-state index contributed by atoms with van der Waals surface area (Å²) in [6.45, 7) is 5.87. The Bertz CT molecular complexity index is 524. The lowest BCUT2D eigenvalue weighted by molar-refractivity contribution is 0.111. The third-order valence-corrected chi connectivity index (χ3v) is 2.22. The Balaban J connectivity index is 3.03. The van der Waals surface area contributed by atoms with Gasteiger partial charge in [0, 0.05) is 12.4 Å². The smallest absolute Gasteiger partial charge is 0.280 e. The van der Waals surface area contributed by atoms with Crippen LogP contribution in [-0.4, -0.2) is 15.8 Å². The number of carbonyl (C=O) groups is 1. The van der Waals surface area contributed by atoms with Crippen molar-refractivity contribution >= 4 is 6.29 Å². The molecule has 0 aromatic carbocycles. The molecule has 0 amide bonds. The molecule has 0 aliphatic heterocycles. The van der Waals surface area contributed by atoms with Gasteiger partial charge in [-0.25, -0.2) is 4.98 Å². The fraction of sp³-hybridized carbons (Fsp3) is 0.154. The van der Waals surface area contributed by atoms with E-state index < -0.39 is 0 Å². The van der Waals surface area contributed by atoms with Crippen LogP contribution in [-0.2, 0) is 6.54 Å². The van der Waals surface area contributed by atoms with E-state index in [4.69, 9.17) is 0 Å². The van der Waals surface area contributed by atoms with Gasteiger partial charge in [-0.15, -0.1) is 0 Å². The van der Waals surface area contributed by atoms with Crippen LogP contribution in [0.3, 0.4) is 0 Å². The molecule has 0 bridgehead atoms. The lowest BCUT2D eigenvalue weighted by Gasteiger charge is -2.05. The topological polar surface area (TPSA) is 52.0 Å². The molecular formula is C13H14N2O2. The van der Waals surface area contributed by atoms with Crippen LogP contribution in [0.5, 0.6) is 0 Å². The van der Waals surface area contributed by atoms with Crippen molar-refractivity contribution in [2.45, 2.75) is 13.5 Å². The fourth-order valence-corrected chi connectivity index (χ4v) is 1.30. The van der Waals surface area contributed by atoms with E-state index in [0.717, 1.165) is 5.57 Å². The van der Waals surface area contributed by atoms with Crippen LogP contribution in [0.1, 0.15) is 17.4 Å². The van der Waals surface area contributed by atoms with E-state index in [2.05, 4.69) is 11.6 Å². The van der Waals surface area contributed by atoms with Gasteiger partial charge in [0.25, 0.3) is 5.56 Å². The lowest BCUT2D eigenvalue weighted by atomic mass is 10.2. The van der Waals surface area contributed by atoms with E-state index in [0.29, 0.717) is 12.8 Å². The number of aromatic nitrogens is 2. The van der Waals surface area contributed by atoms with Gasteiger partial charge < -0.3 is 4.57 Å². The summed E-state index contributed by atoms with van der Waals surface area (Å²) < 4.78 is 1.44. The van der Waals surface area contributed by atoms with Gasteiger partial charge in [-0.05, 0) is 12.5 Å². The summed E-state index contributed by atoms with van der Waals surface area (Å²) in [6.07, 6.45) is 10.7. The van der Waals surface area contributed by atoms with Crippen LogP contribution in [0.15, 0.2) is 53.6 Å². The molecule has 0 spiro atoms. The van der Waals surface area contributed by atoms with Crippen LogP contribution in [0.25, 0.3) is 0 Å². The summed E-state index contributed by atoms with van der Waals surface area (Å²) in [4.78, 5) is 26.0. The molecule has 1 aromatic rings. The number of nitrogens with zero attached hydrogens (tertiary/aromatic N) is 2. The monoisotopic (exact) mass is 230 g/mol. The zero-order valence-corrected chi connectivity index (χ0v) is 9.67. The molecule has 0 unspecified atom stereocenters. The highest BCUT2D eigenvalue weighted by Gasteiger charge is 2.03. The first-order chi connectivity index (χ1) is 8.22. The SMILES string of the molecule is C=C/C=C\C(=C/C)Cn1ccnc(C=O)c1=O. The molecule has 0 saturated carbocycles. The number of aldehydes is 1. The van der Waals surface area contributed by atoms with Crippen molar-refractivity contribution in [3.05, 3.63) is 64.9 Å². The Labute approximate surface area is 99.6 Å². The van der Waals surface area contributed by atoms with Gasteiger partial charge in [0.1, 0.15) is 0 Å². The molecule has 88 valence electrons. The Morgan fingerprint density at radius 2 is 2.35 bits per heavy atom. The van der Waals surface area contributed by atoms with Crippen molar-refractivity contribution in [1.82, 2.24) is 9.55 Å². The molecule has 17 heavy (non-hydrogen) atoms. The van der Waals surface area contributed by atoms with Crippen LogP contribution in [0, 0.1) is 0 Å². The van der Waals surface area contributed by atoms with Gasteiger partial charge in [0.2, 0.25) is 0 Å². The highest BCUT2D eigenvalue weighted by atomic mass is 16.1. The molecule has 0 fully saturated rings. The van der Waals surface area contributed by atoms with E-state index >= 15 is 0 Å². The second-order valence-corrected chi connectivity index (χ2v) is 3.32. The summed E-state index contributed by atoms with van der Waals surface area (Å²) in [5, 5.41) is 0. The summed E-state index contributed by atoms with van der Waals surface area (Å²) in [5.74, 6) is 0. The van der Waals surface area contributed by atoms with Crippen molar-refractivity contribution < 1.29 is 4.79 Å². The molecule has 0 N–H and O–H groups in total. The Hall–Kier alpha value is -2.23. The third kappa shape index (κ3) is 3.38. The Morgan fingerprint density at radius 3 is 2.94 bits per heavy atom. The molecule has 1 aromatic heterocycles. The second-order valence-electron chi connectivity index (χ2n) is 3.32. The molecule has 0 radical (unpaired) electrons. The van der Waals surface area contributed by atoms with Crippen molar-refractivity contribution in [3.8, 4) is 0 Å². The standard InChI is InChI=1S/C13H14N2O2/c1-3-5-6-11(4-2)9-15-8-7-14-12(10-16)13(15)17/h3-8,10H,1,9H2,2H3/b6-5-,11-4+. The average molecular weight is 230 g/mol. The van der Waals surface area contributed by atoms with Crippen molar-refractivity contribution in [1.29, 1.82) is 0 Å². The molecule has 0 saturated heterocycles. The van der Waals surface area contributed by atoms with Gasteiger partial charge >= 0.3 is 0 Å². The number of allylic oxidation sites excluding steroid dienone is 5. The molecular weight excluding hydrogens is 216 g/mol. The number of carbonyl (C=O) groups excluding carboxylic acids is 1. The minimum absolute atomic E-state index is 0.0735. The molecule has 0 aliphatic carbocycles. The third-order valence-electron chi connectivity index (χ3n) is 2.22. The Morgan fingerprint density at radius 1 is 1.59 bits per heavy atom. The largest absolute Gasteiger partial charge is 0.308 e. The lowest BCUT2D eigenvalue weighted by Crippen LogP contribution is -2.24. The van der Waals surface area contributed by atoms with Gasteiger partial charge in [0.15, 0.2) is 12.0 Å². The first kappa shape index (κ1) is 12.8. The number of rotatable bonds is 5. The predicted molar refractivity (Wildman–Crippen MR) is 67.0 cm³/mol. The number of hydrogen-bond donors (Lipinski definition) is 0. The first-order valence-corrected chi connectivity index (χ1v) is 5.17. The normalized spacial score (nSPS) is 11.7. The van der Waals surface area contributed by atoms with Gasteiger partial charge in [-0.3, -0.25) is 9.59 Å². The minimum atomic E-state index is -0.381. The zero-order valence-electron chi connectivity index (χ0n) is 9.67. The maximum Gasteiger partial charge on any atom is 0.280 e. The molecule has 4 nitrogen and oxygen atoms in total. The maximum absolute atomic E-state index is 11.7. The summed E-state index contributed by atoms with van der Waals surface area (Å²) in [5.41, 5.74) is 0.500. The predicted octanol–water partition coefficient (Wildman–Crippen LogP) is 1.74. The fourth-order valence-electron chi connectivity index (χ4n) is 1.30. The minimum Gasteiger partial charge on any atom is -0.308 e. The molecule has 0 atom stereocenters. The quantitative estimate of drug-likeness (QED) is 0.572. The van der Waals surface area contributed by atoms with Gasteiger partial charge in [0.05, 0.1) is 6.54 Å². The van der Waals surface area contributed by atoms with Crippen LogP contribution in [0.2, 0.25) is 0 Å². The van der Waals surface area contributed by atoms with E-state index in [9.17, 15) is 9.59 Å². The van der Waals surface area contributed by atoms with Crippen molar-refractivity contribution in [2.24, 2.45) is 0 Å². The highest BCUT2D eigenvalue weighted by molar-refractivity contribution is 5.70. The molecule has 1 rings (SSSR count). The summed E-state index contributed by atoms with van der Waals surface area (Å²) >= 11 is 0. The van der Waals surface area contributed by atoms with Crippen LogP contribution < -0.4 is 5.56 Å². The van der Waals surface area contributed by atoms with E-state index in [1.165, 1.54) is 10.8 Å². The van der Waals surface area contributed by atoms with E-state index in [1.54, 1.807) is 18.3 Å². The number of hydrogen-bond acceptors (Lipinski definition) is 3. The average Bonchev–Trinajstić information content (AvgIpc) is 2.36. The second kappa shape index (κ2) is 6.37. The molecule has 0 aliphatic rings. The Kier molecular flexibility index (Phi) is 4.81. The highest BCUT2D eigenvalue weighted by Crippen LogP contribution is 2.00. The summed E-state index contributed by atoms with van der Waals surface area (Å²) in [6, 6.07) is 0. The van der Waals surface area contributed by atoms with Crippen molar-refractivity contribution in [3.63, 3.8) is 0 Å². The maximum atomic E-state index is 11.7. The van der Waals surface area contributed by atoms with Crippen molar-refractivity contribution in [2.75, 3.05) is 0 Å². The zero-order chi connectivity index (χ0) is 12.7. The summed E-state index contributed by atoms with van der Waals surface area (Å²) in [7, 11) is 0. The van der Waals surface area contributed by atoms with Crippen LogP contribution in [0.4, 0.5) is 0 Å². The first-order valence-electron chi connectivity index (χ1n) is 5.17. The molecule has 4 heteroatoms. The van der Waals surface area contributed by atoms with Crippen LogP contribution >= 0.6 is 0 Å². The molecule has 1 heterocycles.